The van der Waals surface area contributed by atoms with E-state index in [1.54, 1.807) is 0 Å². The lowest BCUT2D eigenvalue weighted by Gasteiger charge is -2.24. The largest absolute Gasteiger partial charge is 0.459 e. The van der Waals surface area contributed by atoms with Crippen LogP contribution in [0.5, 0.6) is 0 Å². The van der Waals surface area contributed by atoms with Gasteiger partial charge in [0.25, 0.3) is 0 Å². The van der Waals surface area contributed by atoms with Crippen molar-refractivity contribution in [2.45, 2.75) is 25.9 Å². The predicted octanol–water partition coefficient (Wildman–Crippen LogP) is 1.46. The molecule has 0 aromatic carbocycles. The van der Waals surface area contributed by atoms with E-state index in [1.807, 2.05) is 24.9 Å². The average molecular weight is 271 g/mol. The monoisotopic (exact) mass is 271 g/mol. The first-order valence-electron chi connectivity index (χ1n) is 5.86. The maximum atomic E-state index is 11.5. The van der Waals surface area contributed by atoms with Crippen molar-refractivity contribution in [2.75, 3.05) is 19.1 Å². The molecule has 1 amide bonds. The van der Waals surface area contributed by atoms with Gasteiger partial charge in [0, 0.05) is 18.2 Å². The molecule has 0 fully saturated rings. The van der Waals surface area contributed by atoms with Gasteiger partial charge in [-0.25, -0.2) is 5.84 Å². The molecule has 0 aliphatic carbocycles. The normalized spacial score (nSPS) is 12.7. The summed E-state index contributed by atoms with van der Waals surface area (Å²) in [7, 11) is 2.04. The summed E-state index contributed by atoms with van der Waals surface area (Å²) in [5.41, 5.74) is 2.95. The van der Waals surface area contributed by atoms with Crippen LogP contribution in [0.2, 0.25) is 0 Å². The summed E-state index contributed by atoms with van der Waals surface area (Å²) in [6.07, 6.45) is 4.74. The van der Waals surface area contributed by atoms with Crippen molar-refractivity contribution < 1.29 is 9.21 Å². The van der Waals surface area contributed by atoms with Gasteiger partial charge in [-0.2, -0.15) is 11.8 Å². The van der Waals surface area contributed by atoms with E-state index in [0.29, 0.717) is 18.3 Å². The molecule has 3 N–H and O–H groups in total. The van der Waals surface area contributed by atoms with Gasteiger partial charge in [0.05, 0.1) is 6.26 Å². The Kier molecular flexibility index (Phi) is 6.24. The first-order chi connectivity index (χ1) is 8.60. The Morgan fingerprint density at radius 2 is 2.39 bits per heavy atom. The second kappa shape index (κ2) is 7.45. The van der Waals surface area contributed by atoms with Crippen molar-refractivity contribution in [1.82, 2.24) is 10.3 Å². The molecule has 0 radical (unpaired) electrons. The van der Waals surface area contributed by atoms with Crippen molar-refractivity contribution >= 4 is 17.7 Å². The lowest BCUT2D eigenvalue weighted by atomic mass is 10.2. The molecule has 1 aromatic rings. The quantitative estimate of drug-likeness (QED) is 0.446. The lowest BCUT2D eigenvalue weighted by molar-refractivity contribution is 0.0922. The lowest BCUT2D eigenvalue weighted by Crippen LogP contribution is -2.32. The molecule has 1 atom stereocenters. The number of hydrogen-bond acceptors (Lipinski definition) is 5. The molecule has 6 heteroatoms. The van der Waals surface area contributed by atoms with Crippen LogP contribution in [-0.2, 0) is 6.54 Å². The van der Waals surface area contributed by atoms with Crippen LogP contribution in [0.25, 0.3) is 0 Å². The molecular formula is C12H21N3O2S. The van der Waals surface area contributed by atoms with Crippen molar-refractivity contribution in [3.8, 4) is 0 Å². The number of rotatable bonds is 7. The molecule has 0 aliphatic heterocycles. The molecule has 102 valence electrons. The van der Waals surface area contributed by atoms with Crippen LogP contribution in [0.15, 0.2) is 16.7 Å². The number of amides is 1. The van der Waals surface area contributed by atoms with E-state index in [4.69, 9.17) is 10.3 Å². The van der Waals surface area contributed by atoms with Gasteiger partial charge in [-0.3, -0.25) is 15.1 Å². The number of carbonyl (C=O) groups is 1. The van der Waals surface area contributed by atoms with Gasteiger partial charge in [0.15, 0.2) is 5.76 Å². The van der Waals surface area contributed by atoms with Crippen molar-refractivity contribution in [1.29, 1.82) is 0 Å². The Labute approximate surface area is 112 Å². The molecular weight excluding hydrogens is 250 g/mol. The molecule has 0 spiro atoms. The van der Waals surface area contributed by atoms with E-state index < -0.39 is 0 Å². The summed E-state index contributed by atoms with van der Waals surface area (Å²) >= 11 is 1.84. The topological polar surface area (TPSA) is 71.5 Å². The first-order valence-corrected chi connectivity index (χ1v) is 7.26. The third-order valence-electron chi connectivity index (χ3n) is 3.00. The molecule has 0 bridgehead atoms. The molecule has 0 saturated heterocycles. The molecule has 1 unspecified atom stereocenters. The number of carbonyl (C=O) groups excluding carboxylic acids is 1. The number of furan rings is 1. The second-order valence-corrected chi connectivity index (χ2v) is 5.28. The van der Waals surface area contributed by atoms with Crippen molar-refractivity contribution in [3.63, 3.8) is 0 Å². The zero-order valence-corrected chi connectivity index (χ0v) is 11.9. The van der Waals surface area contributed by atoms with Crippen LogP contribution in [0.1, 0.15) is 29.5 Å². The fourth-order valence-corrected chi connectivity index (χ4v) is 2.24. The predicted molar refractivity (Wildman–Crippen MR) is 74.3 cm³/mol. The van der Waals surface area contributed by atoms with Crippen LogP contribution >= 0.6 is 11.8 Å². The molecule has 0 saturated carbocycles. The maximum Gasteiger partial charge on any atom is 0.301 e. The summed E-state index contributed by atoms with van der Waals surface area (Å²) in [4.78, 5) is 13.7. The van der Waals surface area contributed by atoms with Gasteiger partial charge in [-0.05, 0) is 38.5 Å². The number of thioether (sulfide) groups is 1. The minimum atomic E-state index is -0.389. The molecule has 1 aromatic heterocycles. The highest BCUT2D eigenvalue weighted by Crippen LogP contribution is 2.15. The first kappa shape index (κ1) is 15.1. The fourth-order valence-electron chi connectivity index (χ4n) is 1.66. The molecule has 5 nitrogen and oxygen atoms in total. The number of hydrogen-bond donors (Lipinski definition) is 2. The Morgan fingerprint density at radius 3 is 3.00 bits per heavy atom. The smallest absolute Gasteiger partial charge is 0.301 e. The van der Waals surface area contributed by atoms with Crippen LogP contribution in [0.4, 0.5) is 0 Å². The van der Waals surface area contributed by atoms with Gasteiger partial charge in [0.1, 0.15) is 0 Å². The Hall–Kier alpha value is -0.980. The maximum absolute atomic E-state index is 11.5. The zero-order valence-electron chi connectivity index (χ0n) is 11.1. The van der Waals surface area contributed by atoms with E-state index in [1.165, 1.54) is 6.26 Å². The van der Waals surface area contributed by atoms with Crippen LogP contribution in [0.3, 0.4) is 0 Å². The summed E-state index contributed by atoms with van der Waals surface area (Å²) in [6.45, 7) is 2.85. The third-order valence-corrected chi connectivity index (χ3v) is 3.64. The average Bonchev–Trinajstić information content (AvgIpc) is 2.82. The van der Waals surface area contributed by atoms with Crippen molar-refractivity contribution in [2.24, 2.45) is 5.84 Å². The minimum Gasteiger partial charge on any atom is -0.459 e. The van der Waals surface area contributed by atoms with E-state index in [9.17, 15) is 4.79 Å². The van der Waals surface area contributed by atoms with Crippen LogP contribution in [-0.4, -0.2) is 35.9 Å². The highest BCUT2D eigenvalue weighted by Gasteiger charge is 2.17. The standard InChI is InChI=1S/C12H21N3O2S/c1-9(5-7-18-3)15(2)8-10-4-6-17-11(10)12(16)14-13/h4,6,9H,5,7-8,13H2,1-3H3,(H,14,16). The Balaban J connectivity index is 2.61. The summed E-state index contributed by atoms with van der Waals surface area (Å²) in [5, 5.41) is 0. The number of nitrogens with one attached hydrogen (secondary N) is 1. The van der Waals surface area contributed by atoms with Gasteiger partial charge in [-0.15, -0.1) is 0 Å². The van der Waals surface area contributed by atoms with Gasteiger partial charge >= 0.3 is 5.91 Å². The van der Waals surface area contributed by atoms with Crippen molar-refractivity contribution in [3.05, 3.63) is 23.7 Å². The summed E-state index contributed by atoms with van der Waals surface area (Å²) < 4.78 is 5.16. The van der Waals surface area contributed by atoms with Gasteiger partial charge in [0.2, 0.25) is 0 Å². The van der Waals surface area contributed by atoms with E-state index >= 15 is 0 Å². The minimum absolute atomic E-state index is 0.293. The number of nitrogens with zero attached hydrogens (tertiary/aromatic N) is 1. The summed E-state index contributed by atoms with van der Waals surface area (Å²) in [6, 6.07) is 2.27. The van der Waals surface area contributed by atoms with Crippen LogP contribution in [0, 0.1) is 0 Å². The summed E-state index contributed by atoms with van der Waals surface area (Å²) in [5.74, 6) is 6.15. The SMILES string of the molecule is CSCCC(C)N(C)Cc1ccoc1C(=O)NN. The molecule has 18 heavy (non-hydrogen) atoms. The highest BCUT2D eigenvalue weighted by molar-refractivity contribution is 7.98. The van der Waals surface area contributed by atoms with E-state index in [-0.39, 0.29) is 5.91 Å². The number of nitrogen functional groups attached to an aromatic ring is 1. The molecule has 1 rings (SSSR count). The molecule has 0 aliphatic rings. The molecule has 1 heterocycles. The fraction of sp³-hybridized carbons (Fsp3) is 0.583. The van der Waals surface area contributed by atoms with Crippen LogP contribution < -0.4 is 11.3 Å². The van der Waals surface area contributed by atoms with Gasteiger partial charge < -0.3 is 4.42 Å². The Bertz CT molecular complexity index is 381. The number of hydrazine groups is 1. The Morgan fingerprint density at radius 1 is 1.67 bits per heavy atom. The second-order valence-electron chi connectivity index (χ2n) is 4.29. The van der Waals surface area contributed by atoms with Gasteiger partial charge in [-0.1, -0.05) is 0 Å². The highest BCUT2D eigenvalue weighted by atomic mass is 32.2. The van der Waals surface area contributed by atoms with E-state index in [0.717, 1.165) is 17.7 Å². The third kappa shape index (κ3) is 4.04. The zero-order chi connectivity index (χ0) is 13.5. The number of nitrogens with two attached hydrogens (primary N) is 1. The van der Waals surface area contributed by atoms with E-state index in [2.05, 4.69) is 23.5 Å².